The minimum Gasteiger partial charge on any atom is -0.357 e. The second-order valence-corrected chi connectivity index (χ2v) is 4.36. The van der Waals surface area contributed by atoms with E-state index in [4.69, 9.17) is 16.9 Å². The lowest BCUT2D eigenvalue weighted by molar-refractivity contribution is 0.708. The molecule has 1 rings (SSSR count). The molecule has 0 bridgehead atoms. The minimum absolute atomic E-state index is 0.0596. The zero-order chi connectivity index (χ0) is 11.4. The monoisotopic (exact) mass is 288 g/mol. The van der Waals surface area contributed by atoms with E-state index in [1.807, 2.05) is 18.9 Å². The molecule has 1 atom stereocenters. The quantitative estimate of drug-likeness (QED) is 0.802. The molecule has 6 heteroatoms. The van der Waals surface area contributed by atoms with Crippen molar-refractivity contribution in [3.05, 3.63) is 16.0 Å². The Hall–Kier alpha value is -0.860. The molecule has 0 N–H and O–H groups in total. The molecule has 0 saturated heterocycles. The SMILES string of the molecule is CC(C#N)CN(C)c1ncnc(Cl)c1Br. The van der Waals surface area contributed by atoms with Gasteiger partial charge >= 0.3 is 0 Å². The smallest absolute Gasteiger partial charge is 0.148 e. The molecule has 0 radical (unpaired) electrons. The summed E-state index contributed by atoms with van der Waals surface area (Å²) in [5, 5.41) is 9.08. The Bertz CT molecular complexity index is 390. The van der Waals surface area contributed by atoms with Crippen LogP contribution in [0.5, 0.6) is 0 Å². The van der Waals surface area contributed by atoms with Crippen LogP contribution >= 0.6 is 27.5 Å². The first-order chi connectivity index (χ1) is 7.06. The minimum atomic E-state index is -0.0596. The summed E-state index contributed by atoms with van der Waals surface area (Å²) in [6.07, 6.45) is 1.40. The topological polar surface area (TPSA) is 52.8 Å². The molecule has 0 spiro atoms. The molecule has 0 fully saturated rings. The van der Waals surface area contributed by atoms with Crippen molar-refractivity contribution in [3.63, 3.8) is 0 Å². The Labute approximate surface area is 102 Å². The molecule has 0 aliphatic heterocycles. The molecule has 0 aliphatic carbocycles. The highest BCUT2D eigenvalue weighted by atomic mass is 79.9. The Morgan fingerprint density at radius 2 is 2.33 bits per heavy atom. The van der Waals surface area contributed by atoms with Crippen molar-refractivity contribution in [1.29, 1.82) is 5.26 Å². The fourth-order valence-corrected chi connectivity index (χ4v) is 1.78. The number of hydrogen-bond acceptors (Lipinski definition) is 4. The van der Waals surface area contributed by atoms with Crippen LogP contribution in [0, 0.1) is 17.2 Å². The summed E-state index contributed by atoms with van der Waals surface area (Å²) in [4.78, 5) is 9.80. The second kappa shape index (κ2) is 5.29. The van der Waals surface area contributed by atoms with Crippen molar-refractivity contribution >= 4 is 33.3 Å². The van der Waals surface area contributed by atoms with Crippen molar-refractivity contribution < 1.29 is 0 Å². The van der Waals surface area contributed by atoms with E-state index in [9.17, 15) is 0 Å². The lowest BCUT2D eigenvalue weighted by atomic mass is 10.2. The van der Waals surface area contributed by atoms with Gasteiger partial charge in [-0.1, -0.05) is 11.6 Å². The maximum atomic E-state index is 8.71. The zero-order valence-electron chi connectivity index (χ0n) is 8.41. The van der Waals surface area contributed by atoms with Gasteiger partial charge in [0.15, 0.2) is 0 Å². The van der Waals surface area contributed by atoms with E-state index < -0.39 is 0 Å². The first-order valence-corrected chi connectivity index (χ1v) is 5.50. The predicted octanol–water partition coefficient (Wildman–Crippen LogP) is 2.49. The molecular formula is C9H10BrClN4. The molecule has 1 heterocycles. The van der Waals surface area contributed by atoms with E-state index in [-0.39, 0.29) is 5.92 Å². The Morgan fingerprint density at radius 3 is 2.93 bits per heavy atom. The van der Waals surface area contributed by atoms with Gasteiger partial charge < -0.3 is 4.90 Å². The predicted molar refractivity (Wildman–Crippen MR) is 62.8 cm³/mol. The first-order valence-electron chi connectivity index (χ1n) is 4.33. The van der Waals surface area contributed by atoms with Gasteiger partial charge in [0.25, 0.3) is 0 Å². The molecule has 0 amide bonds. The van der Waals surface area contributed by atoms with E-state index in [0.717, 1.165) is 0 Å². The largest absolute Gasteiger partial charge is 0.357 e. The first kappa shape index (κ1) is 12.2. The van der Waals surface area contributed by atoms with Gasteiger partial charge in [-0.15, -0.1) is 0 Å². The Morgan fingerprint density at radius 1 is 1.67 bits per heavy atom. The van der Waals surface area contributed by atoms with Crippen molar-refractivity contribution in [2.24, 2.45) is 5.92 Å². The van der Waals surface area contributed by atoms with Crippen LogP contribution in [0.1, 0.15) is 6.92 Å². The van der Waals surface area contributed by atoms with Crippen LogP contribution in [0.4, 0.5) is 5.82 Å². The highest BCUT2D eigenvalue weighted by molar-refractivity contribution is 9.10. The molecule has 1 unspecified atom stereocenters. The normalized spacial score (nSPS) is 11.9. The van der Waals surface area contributed by atoms with Crippen LogP contribution in [-0.2, 0) is 0 Å². The van der Waals surface area contributed by atoms with E-state index in [1.54, 1.807) is 0 Å². The van der Waals surface area contributed by atoms with Crippen LogP contribution in [0.25, 0.3) is 0 Å². The van der Waals surface area contributed by atoms with Crippen molar-refractivity contribution in [2.75, 3.05) is 18.5 Å². The highest BCUT2D eigenvalue weighted by Gasteiger charge is 2.13. The van der Waals surface area contributed by atoms with Crippen LogP contribution in [0.3, 0.4) is 0 Å². The van der Waals surface area contributed by atoms with Gasteiger partial charge in [0.05, 0.1) is 16.5 Å². The van der Waals surface area contributed by atoms with E-state index in [2.05, 4.69) is 32.0 Å². The van der Waals surface area contributed by atoms with E-state index >= 15 is 0 Å². The van der Waals surface area contributed by atoms with E-state index in [1.165, 1.54) is 6.33 Å². The standard InChI is InChI=1S/C9H10BrClN4/c1-6(3-12)4-15(2)9-7(10)8(11)13-5-14-9/h5-6H,4H2,1-2H3. The average molecular weight is 290 g/mol. The molecule has 80 valence electrons. The third-order valence-corrected chi connectivity index (χ3v) is 3.10. The van der Waals surface area contributed by atoms with Crippen molar-refractivity contribution in [2.45, 2.75) is 6.92 Å². The summed E-state index contributed by atoms with van der Waals surface area (Å²) >= 11 is 9.15. The summed E-state index contributed by atoms with van der Waals surface area (Å²) in [6, 6.07) is 2.17. The molecule has 1 aromatic heterocycles. The number of aromatic nitrogens is 2. The summed E-state index contributed by atoms with van der Waals surface area (Å²) in [7, 11) is 1.86. The van der Waals surface area contributed by atoms with Crippen LogP contribution in [-0.4, -0.2) is 23.6 Å². The fourth-order valence-electron chi connectivity index (χ4n) is 1.14. The molecular weight excluding hydrogens is 279 g/mol. The van der Waals surface area contributed by atoms with E-state index in [0.29, 0.717) is 22.0 Å². The number of hydrogen-bond donors (Lipinski definition) is 0. The van der Waals surface area contributed by atoms with Crippen LogP contribution < -0.4 is 4.90 Å². The maximum Gasteiger partial charge on any atom is 0.148 e. The Balaban J connectivity index is 2.87. The molecule has 0 saturated carbocycles. The molecule has 4 nitrogen and oxygen atoms in total. The molecule has 1 aromatic rings. The second-order valence-electron chi connectivity index (χ2n) is 3.21. The molecule has 0 aliphatic rings. The lowest BCUT2D eigenvalue weighted by Gasteiger charge is -2.20. The van der Waals surface area contributed by atoms with Gasteiger partial charge in [0.1, 0.15) is 17.3 Å². The zero-order valence-corrected chi connectivity index (χ0v) is 10.7. The van der Waals surface area contributed by atoms with Gasteiger partial charge in [-0.3, -0.25) is 0 Å². The van der Waals surface area contributed by atoms with Gasteiger partial charge in [-0.05, 0) is 22.9 Å². The molecule has 15 heavy (non-hydrogen) atoms. The van der Waals surface area contributed by atoms with Gasteiger partial charge in [0, 0.05) is 13.6 Å². The molecule has 0 aromatic carbocycles. The number of halogens is 2. The number of rotatable bonds is 3. The summed E-state index contributed by atoms with van der Waals surface area (Å²) < 4.78 is 0.652. The average Bonchev–Trinajstić information content (AvgIpc) is 2.21. The van der Waals surface area contributed by atoms with Gasteiger partial charge in [0.2, 0.25) is 0 Å². The lowest BCUT2D eigenvalue weighted by Crippen LogP contribution is -2.24. The summed E-state index contributed by atoms with van der Waals surface area (Å²) in [6.45, 7) is 2.45. The summed E-state index contributed by atoms with van der Waals surface area (Å²) in [5.41, 5.74) is 0. The third-order valence-electron chi connectivity index (χ3n) is 1.86. The maximum absolute atomic E-state index is 8.71. The third kappa shape index (κ3) is 3.05. The summed E-state index contributed by atoms with van der Waals surface area (Å²) in [5.74, 6) is 0.632. The van der Waals surface area contributed by atoms with Crippen LogP contribution in [0.15, 0.2) is 10.8 Å². The fraction of sp³-hybridized carbons (Fsp3) is 0.444. The number of anilines is 1. The van der Waals surface area contributed by atoms with Gasteiger partial charge in [-0.2, -0.15) is 5.26 Å². The van der Waals surface area contributed by atoms with Crippen LogP contribution in [0.2, 0.25) is 5.15 Å². The number of nitriles is 1. The number of nitrogens with zero attached hydrogens (tertiary/aromatic N) is 4. The van der Waals surface area contributed by atoms with Gasteiger partial charge in [-0.25, -0.2) is 9.97 Å². The van der Waals surface area contributed by atoms with Crippen molar-refractivity contribution in [3.8, 4) is 6.07 Å². The Kier molecular flexibility index (Phi) is 4.30. The van der Waals surface area contributed by atoms with Crippen molar-refractivity contribution in [1.82, 2.24) is 9.97 Å². The highest BCUT2D eigenvalue weighted by Crippen LogP contribution is 2.28.